The number of rotatable bonds is 3. The Morgan fingerprint density at radius 1 is 1.48 bits per heavy atom. The smallest absolute Gasteiger partial charge is 0.394 e. The monoisotopic (exact) mass is 300 g/mol. The number of aliphatic hydroxyl groups excluding tert-OH is 1. The summed E-state index contributed by atoms with van der Waals surface area (Å²) in [4.78, 5) is 1.77. The van der Waals surface area contributed by atoms with Gasteiger partial charge in [-0.05, 0) is 24.6 Å². The van der Waals surface area contributed by atoms with Crippen LogP contribution in [-0.2, 0) is 10.9 Å². The third-order valence-corrected chi connectivity index (χ3v) is 3.68. The van der Waals surface area contributed by atoms with Gasteiger partial charge in [0.05, 0.1) is 35.9 Å². The van der Waals surface area contributed by atoms with Gasteiger partial charge in [0.2, 0.25) is 0 Å². The first-order valence-corrected chi connectivity index (χ1v) is 6.42. The second kappa shape index (κ2) is 5.92. The third kappa shape index (κ3) is 3.12. The highest BCUT2D eigenvalue weighted by Crippen LogP contribution is 2.35. The zero-order valence-electron chi connectivity index (χ0n) is 11.4. The third-order valence-electron chi connectivity index (χ3n) is 3.68. The standard InChI is InChI=1S/C14H15F3N2O2/c1-21-12-5-11(8-20)19(7-12)10-2-3-13(14(15,16)17)9(4-10)6-18/h2-4,11-12,20H,5,7-8H2,1H3/t11-,12+/m0/s1. The summed E-state index contributed by atoms with van der Waals surface area (Å²) < 4.78 is 43.6. The maximum Gasteiger partial charge on any atom is 0.417 e. The number of benzene rings is 1. The van der Waals surface area contributed by atoms with E-state index in [1.54, 1.807) is 18.1 Å². The predicted octanol–water partition coefficient (Wildman–Crippen LogP) is 2.16. The van der Waals surface area contributed by atoms with Crippen LogP contribution in [0.25, 0.3) is 0 Å². The molecule has 0 aromatic heterocycles. The van der Waals surface area contributed by atoms with Gasteiger partial charge in [-0.25, -0.2) is 0 Å². The number of nitrogens with zero attached hydrogens (tertiary/aromatic N) is 2. The van der Waals surface area contributed by atoms with Crippen LogP contribution in [0.1, 0.15) is 17.5 Å². The molecule has 0 radical (unpaired) electrons. The van der Waals surface area contributed by atoms with Gasteiger partial charge in [0.15, 0.2) is 0 Å². The van der Waals surface area contributed by atoms with Crippen LogP contribution in [0.4, 0.5) is 18.9 Å². The highest BCUT2D eigenvalue weighted by atomic mass is 19.4. The quantitative estimate of drug-likeness (QED) is 0.929. The molecule has 0 saturated carbocycles. The molecule has 2 rings (SSSR count). The lowest BCUT2D eigenvalue weighted by atomic mass is 10.1. The number of ether oxygens (including phenoxy) is 1. The number of halogens is 3. The van der Waals surface area contributed by atoms with E-state index in [0.29, 0.717) is 18.7 Å². The van der Waals surface area contributed by atoms with Crippen LogP contribution in [0.15, 0.2) is 18.2 Å². The van der Waals surface area contributed by atoms with Crippen molar-refractivity contribution in [1.82, 2.24) is 0 Å². The molecular formula is C14H15F3N2O2. The molecule has 2 atom stereocenters. The van der Waals surface area contributed by atoms with Gasteiger partial charge in [0.1, 0.15) is 0 Å². The molecule has 7 heteroatoms. The van der Waals surface area contributed by atoms with Crippen LogP contribution in [0.2, 0.25) is 0 Å². The topological polar surface area (TPSA) is 56.5 Å². The average molecular weight is 300 g/mol. The summed E-state index contributed by atoms with van der Waals surface area (Å²) in [6, 6.07) is 4.80. The van der Waals surface area contributed by atoms with Crippen LogP contribution in [0.3, 0.4) is 0 Å². The van der Waals surface area contributed by atoms with Crippen molar-refractivity contribution in [3.8, 4) is 6.07 Å². The fraction of sp³-hybridized carbons (Fsp3) is 0.500. The normalized spacial score (nSPS) is 22.4. The molecule has 1 saturated heterocycles. The Morgan fingerprint density at radius 3 is 2.71 bits per heavy atom. The molecular weight excluding hydrogens is 285 g/mol. The van der Waals surface area contributed by atoms with Gasteiger partial charge in [-0.15, -0.1) is 0 Å². The molecule has 4 nitrogen and oxygen atoms in total. The summed E-state index contributed by atoms with van der Waals surface area (Å²) in [6.45, 7) is 0.348. The minimum Gasteiger partial charge on any atom is -0.394 e. The van der Waals surface area contributed by atoms with Crippen molar-refractivity contribution in [1.29, 1.82) is 5.26 Å². The Morgan fingerprint density at radius 2 is 2.19 bits per heavy atom. The van der Waals surface area contributed by atoms with Gasteiger partial charge in [-0.1, -0.05) is 0 Å². The molecule has 0 bridgehead atoms. The SMILES string of the molecule is CO[C@@H]1C[C@@H](CO)N(c2ccc(C(F)(F)F)c(C#N)c2)C1. The number of alkyl halides is 3. The molecule has 0 aliphatic carbocycles. The van der Waals surface area contributed by atoms with E-state index < -0.39 is 17.3 Å². The van der Waals surface area contributed by atoms with Crippen molar-refractivity contribution >= 4 is 5.69 Å². The molecule has 0 amide bonds. The summed E-state index contributed by atoms with van der Waals surface area (Å²) in [6.07, 6.45) is -4.05. The first kappa shape index (κ1) is 15.6. The fourth-order valence-corrected chi connectivity index (χ4v) is 2.58. The molecule has 1 heterocycles. The number of nitriles is 1. The highest BCUT2D eigenvalue weighted by molar-refractivity contribution is 5.56. The first-order valence-electron chi connectivity index (χ1n) is 6.42. The van der Waals surface area contributed by atoms with Crippen molar-refractivity contribution in [2.75, 3.05) is 25.2 Å². The van der Waals surface area contributed by atoms with E-state index in [0.717, 1.165) is 6.07 Å². The van der Waals surface area contributed by atoms with E-state index in [2.05, 4.69) is 0 Å². The Balaban J connectivity index is 2.35. The van der Waals surface area contributed by atoms with Crippen LogP contribution < -0.4 is 4.90 Å². The Kier molecular flexibility index (Phi) is 4.40. The van der Waals surface area contributed by atoms with Crippen LogP contribution in [-0.4, -0.2) is 37.5 Å². The highest BCUT2D eigenvalue weighted by Gasteiger charge is 2.36. The van der Waals surface area contributed by atoms with E-state index in [1.807, 2.05) is 0 Å². The minimum absolute atomic E-state index is 0.0880. The largest absolute Gasteiger partial charge is 0.417 e. The van der Waals surface area contributed by atoms with E-state index >= 15 is 0 Å². The van der Waals surface area contributed by atoms with Crippen molar-refractivity contribution in [2.24, 2.45) is 0 Å². The van der Waals surface area contributed by atoms with Gasteiger partial charge in [0, 0.05) is 19.3 Å². The van der Waals surface area contributed by atoms with Crippen LogP contribution in [0, 0.1) is 11.3 Å². The zero-order valence-corrected chi connectivity index (χ0v) is 11.4. The Labute approximate surface area is 120 Å². The molecule has 0 unspecified atom stereocenters. The van der Waals surface area contributed by atoms with Gasteiger partial charge >= 0.3 is 6.18 Å². The number of anilines is 1. The van der Waals surface area contributed by atoms with Gasteiger partial charge in [-0.2, -0.15) is 18.4 Å². The molecule has 1 aromatic rings. The number of aliphatic hydroxyl groups is 1. The van der Waals surface area contributed by atoms with Gasteiger partial charge < -0.3 is 14.7 Å². The molecule has 114 valence electrons. The van der Waals surface area contributed by atoms with Gasteiger partial charge in [-0.3, -0.25) is 0 Å². The Bertz CT molecular complexity index is 554. The zero-order chi connectivity index (χ0) is 15.6. The minimum atomic E-state index is -4.56. The molecule has 1 aliphatic heterocycles. The molecule has 0 spiro atoms. The average Bonchev–Trinajstić information content (AvgIpc) is 2.89. The lowest BCUT2D eigenvalue weighted by Gasteiger charge is -2.25. The number of hydrogen-bond acceptors (Lipinski definition) is 4. The van der Waals surface area contributed by atoms with E-state index in [1.165, 1.54) is 12.1 Å². The van der Waals surface area contributed by atoms with Crippen LogP contribution in [0.5, 0.6) is 0 Å². The summed E-state index contributed by atoms with van der Waals surface area (Å²) in [5.41, 5.74) is -0.882. The lowest BCUT2D eigenvalue weighted by Crippen LogP contribution is -2.32. The van der Waals surface area contributed by atoms with Crippen molar-refractivity contribution in [2.45, 2.75) is 24.7 Å². The number of methoxy groups -OCH3 is 1. The summed E-state index contributed by atoms with van der Waals surface area (Å²) in [7, 11) is 1.55. The van der Waals surface area contributed by atoms with E-state index in [4.69, 9.17) is 10.00 Å². The first-order chi connectivity index (χ1) is 9.90. The Hall–Kier alpha value is -1.78. The fourth-order valence-electron chi connectivity index (χ4n) is 2.58. The van der Waals surface area contributed by atoms with Crippen LogP contribution >= 0.6 is 0 Å². The molecule has 1 aromatic carbocycles. The second-order valence-corrected chi connectivity index (χ2v) is 4.92. The van der Waals surface area contributed by atoms with E-state index in [9.17, 15) is 18.3 Å². The molecule has 1 fully saturated rings. The maximum absolute atomic E-state index is 12.8. The summed E-state index contributed by atoms with van der Waals surface area (Å²) >= 11 is 0. The van der Waals surface area contributed by atoms with Crippen molar-refractivity contribution in [3.63, 3.8) is 0 Å². The number of hydrogen-bond donors (Lipinski definition) is 1. The van der Waals surface area contributed by atoms with Gasteiger partial charge in [0.25, 0.3) is 0 Å². The lowest BCUT2D eigenvalue weighted by molar-refractivity contribution is -0.137. The maximum atomic E-state index is 12.8. The summed E-state index contributed by atoms with van der Waals surface area (Å²) in [5.74, 6) is 0. The molecule has 21 heavy (non-hydrogen) atoms. The second-order valence-electron chi connectivity index (χ2n) is 4.92. The van der Waals surface area contributed by atoms with Crippen molar-refractivity contribution < 1.29 is 23.0 Å². The van der Waals surface area contributed by atoms with E-state index in [-0.39, 0.29) is 18.8 Å². The van der Waals surface area contributed by atoms with Crippen molar-refractivity contribution in [3.05, 3.63) is 29.3 Å². The molecule has 1 N–H and O–H groups in total. The summed E-state index contributed by atoms with van der Waals surface area (Å²) in [5, 5.41) is 18.3. The molecule has 1 aliphatic rings. The predicted molar refractivity (Wildman–Crippen MR) is 69.8 cm³/mol.